The summed E-state index contributed by atoms with van der Waals surface area (Å²) in [6, 6.07) is 67.3. The van der Waals surface area contributed by atoms with E-state index in [4.69, 9.17) is 9.47 Å². The maximum atomic E-state index is 7.15. The zero-order valence-corrected chi connectivity index (χ0v) is 31.7. The second-order valence-corrected chi connectivity index (χ2v) is 15.4. The van der Waals surface area contributed by atoms with Gasteiger partial charge in [0.05, 0.1) is 16.8 Å². The smallest absolute Gasteiger partial charge is 0.194 e. The maximum absolute atomic E-state index is 7.15. The van der Waals surface area contributed by atoms with Gasteiger partial charge in [-0.2, -0.15) is 0 Å². The highest BCUT2D eigenvalue weighted by atomic mass is 16.6. The van der Waals surface area contributed by atoms with Crippen LogP contribution in [0, 0.1) is 0 Å². The lowest BCUT2D eigenvalue weighted by atomic mass is 9.70. The Hall–Kier alpha value is -7.36. The van der Waals surface area contributed by atoms with Crippen molar-refractivity contribution in [2.75, 3.05) is 4.90 Å². The number of para-hydroxylation sites is 3. The van der Waals surface area contributed by atoms with Crippen molar-refractivity contribution in [3.63, 3.8) is 0 Å². The van der Waals surface area contributed by atoms with Crippen LogP contribution >= 0.6 is 0 Å². The molecule has 4 aliphatic rings. The molecule has 1 heterocycles. The summed E-state index contributed by atoms with van der Waals surface area (Å²) in [5, 5.41) is 0. The van der Waals surface area contributed by atoms with Crippen molar-refractivity contribution in [2.45, 2.75) is 18.3 Å². The van der Waals surface area contributed by atoms with Crippen LogP contribution < -0.4 is 14.4 Å². The molecule has 8 aromatic rings. The molecule has 12 rings (SSSR count). The Kier molecular flexibility index (Phi) is 7.27. The fourth-order valence-electron chi connectivity index (χ4n) is 10.1. The third kappa shape index (κ3) is 4.68. The van der Waals surface area contributed by atoms with Crippen LogP contribution in [0.5, 0.6) is 23.0 Å². The van der Waals surface area contributed by atoms with Gasteiger partial charge >= 0.3 is 0 Å². The van der Waals surface area contributed by atoms with Crippen molar-refractivity contribution in [3.8, 4) is 45.3 Å². The zero-order chi connectivity index (χ0) is 38.2. The average Bonchev–Trinajstić information content (AvgIpc) is 3.77. The Morgan fingerprint density at radius 2 is 0.914 bits per heavy atom. The summed E-state index contributed by atoms with van der Waals surface area (Å²) in [6.07, 6.45) is 6.52. The number of rotatable bonds is 5. The van der Waals surface area contributed by atoms with Crippen molar-refractivity contribution in [1.82, 2.24) is 0 Å². The van der Waals surface area contributed by atoms with Crippen molar-refractivity contribution in [3.05, 3.63) is 234 Å². The normalized spacial score (nSPS) is 14.7. The first-order valence-corrected chi connectivity index (χ1v) is 20.1. The van der Waals surface area contributed by atoms with Crippen LogP contribution in [0.1, 0.15) is 46.2 Å². The molecule has 0 N–H and O–H groups in total. The van der Waals surface area contributed by atoms with Gasteiger partial charge < -0.3 is 14.4 Å². The minimum Gasteiger partial charge on any atom is -0.449 e. The first kappa shape index (κ1) is 32.8. The number of allylic oxidation sites excluding steroid dienone is 4. The molecule has 274 valence electrons. The summed E-state index contributed by atoms with van der Waals surface area (Å²) in [6.45, 7) is 0. The SMILES string of the molecule is C1=C(c2ccccc2)CCC(c2ccccc2N(c2ccccc2)c2cccc3c2Oc2ccc4c(c2O3)-c2ccccc2C42c3ccccc3-c3ccccc32)=C1. The first-order chi connectivity index (χ1) is 28.8. The van der Waals surface area contributed by atoms with Gasteiger partial charge in [-0.3, -0.25) is 0 Å². The molecule has 0 radical (unpaired) electrons. The molecule has 0 saturated carbocycles. The number of benzene rings is 8. The van der Waals surface area contributed by atoms with Gasteiger partial charge in [-0.15, -0.1) is 0 Å². The van der Waals surface area contributed by atoms with E-state index in [1.54, 1.807) is 0 Å². The quantitative estimate of drug-likeness (QED) is 0.175. The third-order valence-corrected chi connectivity index (χ3v) is 12.5. The monoisotopic (exact) mass is 743 g/mol. The first-order valence-electron chi connectivity index (χ1n) is 20.1. The van der Waals surface area contributed by atoms with E-state index in [9.17, 15) is 0 Å². The Morgan fingerprint density at radius 1 is 0.379 bits per heavy atom. The van der Waals surface area contributed by atoms with Gasteiger partial charge in [0.25, 0.3) is 0 Å². The average molecular weight is 744 g/mol. The molecular formula is C55H37NO2. The second-order valence-electron chi connectivity index (χ2n) is 15.4. The third-order valence-electron chi connectivity index (χ3n) is 12.5. The van der Waals surface area contributed by atoms with Gasteiger partial charge in [-0.25, -0.2) is 0 Å². The van der Waals surface area contributed by atoms with E-state index in [1.165, 1.54) is 61.2 Å². The molecule has 0 amide bonds. The Labute approximate surface area is 338 Å². The minimum absolute atomic E-state index is 0.460. The number of nitrogens with zero attached hydrogens (tertiary/aromatic N) is 1. The number of hydrogen-bond acceptors (Lipinski definition) is 3. The molecule has 0 atom stereocenters. The van der Waals surface area contributed by atoms with Crippen LogP contribution in [0.2, 0.25) is 0 Å². The Bertz CT molecular complexity index is 2970. The van der Waals surface area contributed by atoms with E-state index in [0.717, 1.165) is 41.2 Å². The molecule has 8 aromatic carbocycles. The van der Waals surface area contributed by atoms with Gasteiger partial charge in [-0.1, -0.05) is 164 Å². The highest BCUT2D eigenvalue weighted by Gasteiger charge is 2.53. The molecule has 0 bridgehead atoms. The fraction of sp³-hybridized carbons (Fsp3) is 0.0545. The lowest BCUT2D eigenvalue weighted by Gasteiger charge is -2.33. The van der Waals surface area contributed by atoms with E-state index in [-0.39, 0.29) is 0 Å². The fourth-order valence-corrected chi connectivity index (χ4v) is 10.1. The number of anilines is 3. The standard InChI is InChI=1S/C55H37NO2/c1-3-16-36(17-4-1)37-30-32-38(33-31-37)40-20-10-14-27-48(40)56(39-18-5-2-6-19-39)49-28-15-29-50-53(49)57-51-35-34-47-52(54(51)58-50)43-23-9-13-26-46(43)55(47)44-24-11-7-21-41(44)42-22-8-12-25-45(42)55/h1-30,32,34-35H,31,33H2. The van der Waals surface area contributed by atoms with Crippen LogP contribution in [-0.4, -0.2) is 0 Å². The minimum atomic E-state index is -0.460. The summed E-state index contributed by atoms with van der Waals surface area (Å²) in [5.41, 5.74) is 17.7. The largest absolute Gasteiger partial charge is 0.449 e. The van der Waals surface area contributed by atoms with E-state index in [2.05, 4.69) is 199 Å². The summed E-state index contributed by atoms with van der Waals surface area (Å²) < 4.78 is 14.3. The summed E-state index contributed by atoms with van der Waals surface area (Å²) in [4.78, 5) is 2.32. The molecular weight excluding hydrogens is 707 g/mol. The van der Waals surface area contributed by atoms with Gasteiger partial charge in [0, 0.05) is 16.8 Å². The topological polar surface area (TPSA) is 21.7 Å². The van der Waals surface area contributed by atoms with Crippen molar-refractivity contribution in [1.29, 1.82) is 0 Å². The number of fused-ring (bicyclic) bond motifs is 13. The molecule has 3 aliphatic carbocycles. The van der Waals surface area contributed by atoms with Crippen LogP contribution in [-0.2, 0) is 5.41 Å². The summed E-state index contributed by atoms with van der Waals surface area (Å²) in [7, 11) is 0. The number of hydrogen-bond donors (Lipinski definition) is 0. The lowest BCUT2D eigenvalue weighted by molar-refractivity contribution is 0.361. The lowest BCUT2D eigenvalue weighted by Crippen LogP contribution is -2.25. The van der Waals surface area contributed by atoms with Crippen molar-refractivity contribution < 1.29 is 9.47 Å². The van der Waals surface area contributed by atoms with Gasteiger partial charge in [-0.05, 0) is 105 Å². The molecule has 1 aliphatic heterocycles. The molecule has 0 saturated heterocycles. The van der Waals surface area contributed by atoms with E-state index >= 15 is 0 Å². The molecule has 3 heteroatoms. The highest BCUT2D eigenvalue weighted by molar-refractivity contribution is 5.98. The molecule has 0 fully saturated rings. The van der Waals surface area contributed by atoms with Gasteiger partial charge in [0.1, 0.15) is 0 Å². The Morgan fingerprint density at radius 3 is 1.62 bits per heavy atom. The van der Waals surface area contributed by atoms with Crippen molar-refractivity contribution >= 4 is 28.2 Å². The van der Waals surface area contributed by atoms with Crippen molar-refractivity contribution in [2.24, 2.45) is 0 Å². The van der Waals surface area contributed by atoms with Crippen LogP contribution in [0.3, 0.4) is 0 Å². The predicted molar refractivity (Wildman–Crippen MR) is 236 cm³/mol. The van der Waals surface area contributed by atoms with Crippen LogP contribution in [0.15, 0.2) is 200 Å². The molecule has 58 heavy (non-hydrogen) atoms. The van der Waals surface area contributed by atoms with Gasteiger partial charge in [0.2, 0.25) is 0 Å². The maximum Gasteiger partial charge on any atom is 0.194 e. The van der Waals surface area contributed by atoms with E-state index in [0.29, 0.717) is 17.2 Å². The highest BCUT2D eigenvalue weighted by Crippen LogP contribution is 2.66. The summed E-state index contributed by atoms with van der Waals surface area (Å²) >= 11 is 0. The molecule has 1 spiro atoms. The van der Waals surface area contributed by atoms with Crippen LogP contribution in [0.4, 0.5) is 17.1 Å². The second kappa shape index (κ2) is 12.8. The number of ether oxygens (including phenoxy) is 2. The molecule has 0 unspecified atom stereocenters. The van der Waals surface area contributed by atoms with E-state index in [1.807, 2.05) is 6.07 Å². The summed E-state index contributed by atoms with van der Waals surface area (Å²) in [5.74, 6) is 2.85. The molecule has 0 aromatic heterocycles. The van der Waals surface area contributed by atoms with E-state index < -0.39 is 5.41 Å². The van der Waals surface area contributed by atoms with Crippen LogP contribution in [0.25, 0.3) is 33.4 Å². The Balaban J connectivity index is 1.00. The molecule has 3 nitrogen and oxygen atoms in total. The van der Waals surface area contributed by atoms with Gasteiger partial charge in [0.15, 0.2) is 23.0 Å². The predicted octanol–water partition coefficient (Wildman–Crippen LogP) is 14.7. The zero-order valence-electron chi connectivity index (χ0n) is 31.7.